The largest absolute Gasteiger partial charge is 0.486 e. The molecule has 2 heterocycles. The van der Waals surface area contributed by atoms with E-state index in [1.165, 1.54) is 0 Å². The molecule has 6 heteroatoms. The maximum atomic E-state index is 12.3. The number of benzene rings is 1. The SMILES string of the molecule is CC1NCCCC1NC(=O)Cc1cc(Cl)c2c(c1)OCCO2. The van der Waals surface area contributed by atoms with Crippen molar-refractivity contribution in [3.05, 3.63) is 22.7 Å². The van der Waals surface area contributed by atoms with Gasteiger partial charge in [-0.3, -0.25) is 4.79 Å². The van der Waals surface area contributed by atoms with Crippen LogP contribution in [0.2, 0.25) is 5.02 Å². The molecule has 1 fully saturated rings. The second-order valence-electron chi connectivity index (χ2n) is 5.84. The van der Waals surface area contributed by atoms with Gasteiger partial charge < -0.3 is 20.1 Å². The van der Waals surface area contributed by atoms with Gasteiger partial charge in [-0.2, -0.15) is 0 Å². The summed E-state index contributed by atoms with van der Waals surface area (Å²) in [5.74, 6) is 1.20. The van der Waals surface area contributed by atoms with Gasteiger partial charge >= 0.3 is 0 Å². The van der Waals surface area contributed by atoms with Crippen LogP contribution in [-0.2, 0) is 11.2 Å². The molecule has 3 rings (SSSR count). The Morgan fingerprint density at radius 2 is 2.23 bits per heavy atom. The van der Waals surface area contributed by atoms with Crippen LogP contribution in [0.15, 0.2) is 12.1 Å². The Balaban J connectivity index is 1.65. The molecule has 120 valence electrons. The number of hydrogen-bond acceptors (Lipinski definition) is 4. The zero-order valence-electron chi connectivity index (χ0n) is 12.7. The Hall–Kier alpha value is -1.46. The first-order valence-corrected chi connectivity index (χ1v) is 8.12. The molecule has 2 aliphatic rings. The lowest BCUT2D eigenvalue weighted by molar-refractivity contribution is -0.121. The molecule has 2 aliphatic heterocycles. The van der Waals surface area contributed by atoms with Gasteiger partial charge in [0.05, 0.1) is 11.4 Å². The van der Waals surface area contributed by atoms with E-state index < -0.39 is 0 Å². The summed E-state index contributed by atoms with van der Waals surface area (Å²) in [5.41, 5.74) is 0.836. The van der Waals surface area contributed by atoms with Crippen LogP contribution in [0.4, 0.5) is 0 Å². The lowest BCUT2D eigenvalue weighted by Gasteiger charge is -2.30. The summed E-state index contributed by atoms with van der Waals surface area (Å²) in [5, 5.41) is 6.97. The highest BCUT2D eigenvalue weighted by atomic mass is 35.5. The molecule has 2 N–H and O–H groups in total. The van der Waals surface area contributed by atoms with Crippen molar-refractivity contribution in [2.24, 2.45) is 0 Å². The van der Waals surface area contributed by atoms with Gasteiger partial charge in [0.15, 0.2) is 11.5 Å². The molecule has 2 unspecified atom stereocenters. The van der Waals surface area contributed by atoms with Crippen molar-refractivity contribution >= 4 is 17.5 Å². The normalized spacial score (nSPS) is 23.9. The molecule has 1 saturated heterocycles. The number of ether oxygens (including phenoxy) is 2. The third kappa shape index (κ3) is 3.47. The first-order chi connectivity index (χ1) is 10.6. The van der Waals surface area contributed by atoms with E-state index in [2.05, 4.69) is 17.6 Å². The van der Waals surface area contributed by atoms with Crippen molar-refractivity contribution in [2.75, 3.05) is 19.8 Å². The fourth-order valence-corrected chi connectivity index (χ4v) is 3.24. The quantitative estimate of drug-likeness (QED) is 0.891. The van der Waals surface area contributed by atoms with Crippen molar-refractivity contribution < 1.29 is 14.3 Å². The standard InChI is InChI=1S/C16H21ClN2O3/c1-10-13(3-2-4-18-10)19-15(20)9-11-7-12(17)16-14(8-11)21-5-6-22-16/h7-8,10,13,18H,2-6,9H2,1H3,(H,19,20). The molecule has 1 aromatic rings. The van der Waals surface area contributed by atoms with E-state index in [4.69, 9.17) is 21.1 Å². The molecule has 0 aliphatic carbocycles. The van der Waals surface area contributed by atoms with Crippen molar-refractivity contribution in [1.29, 1.82) is 0 Å². The monoisotopic (exact) mass is 324 g/mol. The van der Waals surface area contributed by atoms with E-state index >= 15 is 0 Å². The van der Waals surface area contributed by atoms with Crippen LogP contribution in [-0.4, -0.2) is 37.7 Å². The van der Waals surface area contributed by atoms with Crippen LogP contribution in [0.1, 0.15) is 25.3 Å². The summed E-state index contributed by atoms with van der Waals surface area (Å²) < 4.78 is 11.0. The summed E-state index contributed by atoms with van der Waals surface area (Å²) in [4.78, 5) is 12.3. The number of nitrogens with one attached hydrogen (secondary N) is 2. The fourth-order valence-electron chi connectivity index (χ4n) is 2.95. The van der Waals surface area contributed by atoms with Gasteiger partial charge in [0, 0.05) is 12.1 Å². The molecule has 22 heavy (non-hydrogen) atoms. The number of amides is 1. The predicted molar refractivity (Wildman–Crippen MR) is 84.8 cm³/mol. The number of rotatable bonds is 3. The third-order valence-electron chi connectivity index (χ3n) is 4.13. The molecular weight excluding hydrogens is 304 g/mol. The molecule has 0 saturated carbocycles. The topological polar surface area (TPSA) is 59.6 Å². The molecule has 1 aromatic carbocycles. The van der Waals surface area contributed by atoms with Crippen molar-refractivity contribution in [3.63, 3.8) is 0 Å². The Morgan fingerprint density at radius 3 is 3.05 bits per heavy atom. The smallest absolute Gasteiger partial charge is 0.224 e. The summed E-state index contributed by atoms with van der Waals surface area (Å²) in [6.45, 7) is 4.12. The van der Waals surface area contributed by atoms with Gasteiger partial charge in [-0.15, -0.1) is 0 Å². The molecule has 0 bridgehead atoms. The van der Waals surface area contributed by atoms with E-state index in [1.807, 2.05) is 6.07 Å². The zero-order valence-corrected chi connectivity index (χ0v) is 13.4. The second-order valence-corrected chi connectivity index (χ2v) is 6.24. The summed E-state index contributed by atoms with van der Waals surface area (Å²) in [6, 6.07) is 4.11. The number of hydrogen-bond donors (Lipinski definition) is 2. The molecule has 0 aromatic heterocycles. The number of carbonyl (C=O) groups is 1. The third-order valence-corrected chi connectivity index (χ3v) is 4.41. The average Bonchev–Trinajstić information content (AvgIpc) is 2.49. The average molecular weight is 325 g/mol. The Kier molecular flexibility index (Phi) is 4.74. The highest BCUT2D eigenvalue weighted by Crippen LogP contribution is 2.38. The van der Waals surface area contributed by atoms with E-state index in [0.29, 0.717) is 42.2 Å². The molecule has 2 atom stereocenters. The molecule has 5 nitrogen and oxygen atoms in total. The first kappa shape index (κ1) is 15.4. The maximum Gasteiger partial charge on any atom is 0.224 e. The zero-order chi connectivity index (χ0) is 15.5. The lowest BCUT2D eigenvalue weighted by atomic mass is 9.99. The molecule has 0 radical (unpaired) electrons. The lowest BCUT2D eigenvalue weighted by Crippen LogP contribution is -2.52. The second kappa shape index (κ2) is 6.75. The minimum atomic E-state index is 0.00768. The molecule has 0 spiro atoms. The summed E-state index contributed by atoms with van der Waals surface area (Å²) in [7, 11) is 0. The summed E-state index contributed by atoms with van der Waals surface area (Å²) in [6.07, 6.45) is 2.40. The fraction of sp³-hybridized carbons (Fsp3) is 0.562. The van der Waals surface area contributed by atoms with Crippen LogP contribution in [0.25, 0.3) is 0 Å². The highest BCUT2D eigenvalue weighted by Gasteiger charge is 2.23. The number of fused-ring (bicyclic) bond motifs is 1. The summed E-state index contributed by atoms with van der Waals surface area (Å²) >= 11 is 6.20. The Morgan fingerprint density at radius 1 is 1.41 bits per heavy atom. The highest BCUT2D eigenvalue weighted by molar-refractivity contribution is 6.32. The van der Waals surface area contributed by atoms with E-state index in [9.17, 15) is 4.79 Å². The van der Waals surface area contributed by atoms with Crippen LogP contribution in [0, 0.1) is 0 Å². The van der Waals surface area contributed by atoms with Crippen LogP contribution in [0.3, 0.4) is 0 Å². The van der Waals surface area contributed by atoms with E-state index in [0.717, 1.165) is 24.9 Å². The minimum absolute atomic E-state index is 0.00768. The number of carbonyl (C=O) groups excluding carboxylic acids is 1. The van der Waals surface area contributed by atoms with Gasteiger partial charge in [0.2, 0.25) is 5.91 Å². The van der Waals surface area contributed by atoms with Gasteiger partial charge in [0.1, 0.15) is 13.2 Å². The van der Waals surface area contributed by atoms with E-state index in [1.54, 1.807) is 6.07 Å². The maximum absolute atomic E-state index is 12.3. The Bertz CT molecular complexity index is 565. The van der Waals surface area contributed by atoms with Crippen molar-refractivity contribution in [2.45, 2.75) is 38.3 Å². The van der Waals surface area contributed by atoms with E-state index in [-0.39, 0.29) is 11.9 Å². The number of halogens is 1. The Labute approximate surface area is 135 Å². The van der Waals surface area contributed by atoms with Crippen molar-refractivity contribution in [1.82, 2.24) is 10.6 Å². The predicted octanol–water partition coefficient (Wildman–Crippen LogP) is 1.91. The molecule has 1 amide bonds. The van der Waals surface area contributed by atoms with Gasteiger partial charge in [-0.25, -0.2) is 0 Å². The molecular formula is C16H21ClN2O3. The minimum Gasteiger partial charge on any atom is -0.486 e. The first-order valence-electron chi connectivity index (χ1n) is 7.74. The van der Waals surface area contributed by atoms with Gasteiger partial charge in [-0.05, 0) is 44.0 Å². The van der Waals surface area contributed by atoms with Crippen LogP contribution >= 0.6 is 11.6 Å². The van der Waals surface area contributed by atoms with Crippen LogP contribution < -0.4 is 20.1 Å². The number of piperidine rings is 1. The van der Waals surface area contributed by atoms with Crippen LogP contribution in [0.5, 0.6) is 11.5 Å². The van der Waals surface area contributed by atoms with Gasteiger partial charge in [-0.1, -0.05) is 11.6 Å². The van der Waals surface area contributed by atoms with Gasteiger partial charge in [0.25, 0.3) is 0 Å². The van der Waals surface area contributed by atoms with Crippen molar-refractivity contribution in [3.8, 4) is 11.5 Å².